The fourth-order valence-corrected chi connectivity index (χ4v) is 2.73. The fraction of sp³-hybridized carbons (Fsp3) is 0.143. The number of hydrogen-bond donors (Lipinski definition) is 2. The lowest BCUT2D eigenvalue weighted by Gasteiger charge is -2.12. The summed E-state index contributed by atoms with van der Waals surface area (Å²) < 4.78 is 5.53. The predicted molar refractivity (Wildman–Crippen MR) is 101 cm³/mol. The molecule has 0 aliphatic rings. The Morgan fingerprint density at radius 1 is 0.885 bits per heavy atom. The molecule has 0 spiro atoms. The molecule has 0 bridgehead atoms. The van der Waals surface area contributed by atoms with Gasteiger partial charge in [-0.15, -0.1) is 0 Å². The third-order valence-electron chi connectivity index (χ3n) is 4.06. The molecule has 0 fully saturated rings. The number of amides is 2. The van der Waals surface area contributed by atoms with E-state index in [4.69, 9.17) is 4.74 Å². The number of ether oxygens (including phenoxy) is 1. The van der Waals surface area contributed by atoms with Gasteiger partial charge in [0.1, 0.15) is 5.75 Å². The molecule has 0 aliphatic heterocycles. The van der Waals surface area contributed by atoms with E-state index in [9.17, 15) is 9.59 Å². The Morgan fingerprint density at radius 3 is 2.46 bits per heavy atom. The average molecular weight is 348 g/mol. The molecule has 3 rings (SSSR count). The van der Waals surface area contributed by atoms with E-state index in [0.717, 1.165) is 22.8 Å². The Labute approximate surface area is 152 Å². The molecule has 0 aliphatic carbocycles. The molecule has 3 aromatic rings. The quantitative estimate of drug-likeness (QED) is 0.696. The number of para-hydroxylation sites is 1. The summed E-state index contributed by atoms with van der Waals surface area (Å²) in [5.74, 6) is -0.126. The normalized spacial score (nSPS) is 10.3. The molecule has 0 atom stereocenters. The SMILES string of the molecule is CCc1ccccc1OCC(=O)NNC(=O)c1cccc2ccccc12. The van der Waals surface area contributed by atoms with Crippen molar-refractivity contribution in [2.75, 3.05) is 6.61 Å². The highest BCUT2D eigenvalue weighted by molar-refractivity contribution is 6.07. The van der Waals surface area contributed by atoms with Gasteiger partial charge < -0.3 is 4.74 Å². The van der Waals surface area contributed by atoms with Gasteiger partial charge in [0.15, 0.2) is 6.61 Å². The van der Waals surface area contributed by atoms with Crippen molar-refractivity contribution in [3.8, 4) is 5.75 Å². The van der Waals surface area contributed by atoms with Crippen LogP contribution in [0.2, 0.25) is 0 Å². The highest BCUT2D eigenvalue weighted by atomic mass is 16.5. The van der Waals surface area contributed by atoms with Crippen molar-refractivity contribution in [1.82, 2.24) is 10.9 Å². The van der Waals surface area contributed by atoms with Crippen LogP contribution in [0.4, 0.5) is 0 Å². The summed E-state index contributed by atoms with van der Waals surface area (Å²) in [6.45, 7) is 1.85. The lowest BCUT2D eigenvalue weighted by molar-refractivity contribution is -0.123. The maximum atomic E-state index is 12.4. The number of aryl methyl sites for hydroxylation is 1. The Balaban J connectivity index is 1.58. The first kappa shape index (κ1) is 17.5. The lowest BCUT2D eigenvalue weighted by Crippen LogP contribution is -2.43. The Morgan fingerprint density at radius 2 is 1.62 bits per heavy atom. The molecular weight excluding hydrogens is 328 g/mol. The van der Waals surface area contributed by atoms with Crippen molar-refractivity contribution >= 4 is 22.6 Å². The first-order chi connectivity index (χ1) is 12.7. The molecule has 0 saturated heterocycles. The minimum atomic E-state index is -0.426. The molecule has 5 nitrogen and oxygen atoms in total. The summed E-state index contributed by atoms with van der Waals surface area (Å²) in [6.07, 6.45) is 0.815. The van der Waals surface area contributed by atoms with Crippen LogP contribution in [0, 0.1) is 0 Å². The number of carbonyl (C=O) groups excluding carboxylic acids is 2. The van der Waals surface area contributed by atoms with Crippen LogP contribution in [0.25, 0.3) is 10.8 Å². The van der Waals surface area contributed by atoms with Crippen molar-refractivity contribution in [2.24, 2.45) is 0 Å². The van der Waals surface area contributed by atoms with Gasteiger partial charge in [-0.2, -0.15) is 0 Å². The molecule has 0 saturated carbocycles. The van der Waals surface area contributed by atoms with Gasteiger partial charge in [-0.3, -0.25) is 20.4 Å². The monoisotopic (exact) mass is 348 g/mol. The maximum Gasteiger partial charge on any atom is 0.276 e. The molecule has 0 aromatic heterocycles. The highest BCUT2D eigenvalue weighted by Crippen LogP contribution is 2.19. The van der Waals surface area contributed by atoms with E-state index >= 15 is 0 Å². The molecule has 0 radical (unpaired) electrons. The number of carbonyl (C=O) groups is 2. The van der Waals surface area contributed by atoms with Crippen molar-refractivity contribution in [3.05, 3.63) is 77.9 Å². The molecular formula is C21H20N2O3. The first-order valence-electron chi connectivity index (χ1n) is 8.46. The largest absolute Gasteiger partial charge is 0.483 e. The molecule has 2 amide bonds. The summed E-state index contributed by atoms with van der Waals surface area (Å²) in [4.78, 5) is 24.3. The summed E-state index contributed by atoms with van der Waals surface area (Å²) >= 11 is 0. The van der Waals surface area contributed by atoms with Crippen LogP contribution in [-0.2, 0) is 11.2 Å². The number of rotatable bonds is 5. The first-order valence-corrected chi connectivity index (χ1v) is 8.46. The predicted octanol–water partition coefficient (Wildman–Crippen LogP) is 3.24. The van der Waals surface area contributed by atoms with Gasteiger partial charge >= 0.3 is 0 Å². The molecule has 0 unspecified atom stereocenters. The Hall–Kier alpha value is -3.34. The number of nitrogens with one attached hydrogen (secondary N) is 2. The fourth-order valence-electron chi connectivity index (χ4n) is 2.73. The highest BCUT2D eigenvalue weighted by Gasteiger charge is 2.11. The summed E-state index contributed by atoms with van der Waals surface area (Å²) in [7, 11) is 0. The topological polar surface area (TPSA) is 67.4 Å². The van der Waals surface area contributed by atoms with E-state index in [1.54, 1.807) is 6.07 Å². The van der Waals surface area contributed by atoms with Crippen LogP contribution < -0.4 is 15.6 Å². The molecule has 5 heteroatoms. The van der Waals surface area contributed by atoms with Crippen LogP contribution in [0.15, 0.2) is 66.7 Å². The van der Waals surface area contributed by atoms with E-state index < -0.39 is 5.91 Å². The lowest BCUT2D eigenvalue weighted by atomic mass is 10.0. The minimum Gasteiger partial charge on any atom is -0.483 e. The van der Waals surface area contributed by atoms with Gasteiger partial charge in [-0.1, -0.05) is 61.5 Å². The maximum absolute atomic E-state index is 12.4. The number of benzene rings is 3. The standard InChI is InChI=1S/C21H20N2O3/c1-2-15-8-4-6-13-19(15)26-14-20(24)22-23-21(25)18-12-7-10-16-9-3-5-11-17(16)18/h3-13H,2,14H2,1H3,(H,22,24)(H,23,25). The van der Waals surface area contributed by atoms with E-state index in [1.807, 2.05) is 67.6 Å². The van der Waals surface area contributed by atoms with Gasteiger partial charge in [-0.25, -0.2) is 0 Å². The molecule has 3 aromatic carbocycles. The molecule has 132 valence electrons. The number of fused-ring (bicyclic) bond motifs is 1. The zero-order valence-corrected chi connectivity index (χ0v) is 14.5. The van der Waals surface area contributed by atoms with Gasteiger partial charge in [0.2, 0.25) is 0 Å². The van der Waals surface area contributed by atoms with Crippen LogP contribution in [0.3, 0.4) is 0 Å². The Bertz CT molecular complexity index is 932. The molecule has 0 heterocycles. The smallest absolute Gasteiger partial charge is 0.276 e. The average Bonchev–Trinajstić information content (AvgIpc) is 2.70. The summed E-state index contributed by atoms with van der Waals surface area (Å²) in [5.41, 5.74) is 6.36. The minimum absolute atomic E-state index is 0.174. The second kappa shape index (κ2) is 8.16. The second-order valence-corrected chi connectivity index (χ2v) is 5.78. The number of hydrogen-bond acceptors (Lipinski definition) is 3. The van der Waals surface area contributed by atoms with E-state index in [1.165, 1.54) is 0 Å². The van der Waals surface area contributed by atoms with Gasteiger partial charge in [-0.05, 0) is 34.9 Å². The van der Waals surface area contributed by atoms with E-state index in [-0.39, 0.29) is 12.5 Å². The zero-order valence-electron chi connectivity index (χ0n) is 14.5. The van der Waals surface area contributed by atoms with Gasteiger partial charge in [0.25, 0.3) is 11.8 Å². The van der Waals surface area contributed by atoms with Crippen molar-refractivity contribution in [3.63, 3.8) is 0 Å². The second-order valence-electron chi connectivity index (χ2n) is 5.78. The molecule has 2 N–H and O–H groups in total. The van der Waals surface area contributed by atoms with Crippen molar-refractivity contribution < 1.29 is 14.3 Å². The third kappa shape index (κ3) is 4.00. The summed E-state index contributed by atoms with van der Waals surface area (Å²) in [5, 5.41) is 1.79. The molecule has 26 heavy (non-hydrogen) atoms. The Kier molecular flexibility index (Phi) is 5.49. The van der Waals surface area contributed by atoms with E-state index in [2.05, 4.69) is 10.9 Å². The van der Waals surface area contributed by atoms with Crippen LogP contribution in [-0.4, -0.2) is 18.4 Å². The summed E-state index contributed by atoms with van der Waals surface area (Å²) in [6, 6.07) is 20.6. The zero-order chi connectivity index (χ0) is 18.4. The van der Waals surface area contributed by atoms with Crippen molar-refractivity contribution in [1.29, 1.82) is 0 Å². The van der Waals surface area contributed by atoms with Gasteiger partial charge in [0.05, 0.1) is 0 Å². The van der Waals surface area contributed by atoms with Crippen molar-refractivity contribution in [2.45, 2.75) is 13.3 Å². The van der Waals surface area contributed by atoms with Crippen LogP contribution in [0.5, 0.6) is 5.75 Å². The third-order valence-corrected chi connectivity index (χ3v) is 4.06. The number of hydrazine groups is 1. The van der Waals surface area contributed by atoms with Crippen LogP contribution >= 0.6 is 0 Å². The van der Waals surface area contributed by atoms with E-state index in [0.29, 0.717) is 11.3 Å². The van der Waals surface area contributed by atoms with Gasteiger partial charge in [0, 0.05) is 5.56 Å². The van der Waals surface area contributed by atoms with Crippen LogP contribution in [0.1, 0.15) is 22.8 Å².